The minimum atomic E-state index is -0.395. The van der Waals surface area contributed by atoms with E-state index in [0.29, 0.717) is 23.6 Å². The largest absolute Gasteiger partial charge is 0.399 e. The minimum Gasteiger partial charge on any atom is -0.399 e. The SMILES string of the molecule is Cc1nn(Cc2cccc(N)c2)c(C)c1[N+](=O)[O-]. The zero-order valence-corrected chi connectivity index (χ0v) is 10.3. The zero-order valence-electron chi connectivity index (χ0n) is 10.3. The number of nitrogens with two attached hydrogens (primary N) is 1. The molecule has 0 amide bonds. The molecule has 6 nitrogen and oxygen atoms in total. The van der Waals surface area contributed by atoms with Crippen LogP contribution in [0.2, 0.25) is 0 Å². The molecule has 0 unspecified atom stereocenters. The first kappa shape index (κ1) is 12.1. The molecular weight excluding hydrogens is 232 g/mol. The Morgan fingerprint density at radius 1 is 1.44 bits per heavy atom. The molecule has 6 heteroatoms. The Kier molecular flexibility index (Phi) is 3.01. The monoisotopic (exact) mass is 246 g/mol. The van der Waals surface area contributed by atoms with Crippen molar-refractivity contribution in [1.29, 1.82) is 0 Å². The second-order valence-corrected chi connectivity index (χ2v) is 4.18. The number of nitrogen functional groups attached to an aromatic ring is 1. The van der Waals surface area contributed by atoms with Gasteiger partial charge < -0.3 is 5.73 Å². The van der Waals surface area contributed by atoms with E-state index in [1.165, 1.54) is 0 Å². The van der Waals surface area contributed by atoms with E-state index in [2.05, 4.69) is 5.10 Å². The van der Waals surface area contributed by atoms with Crippen molar-refractivity contribution in [2.45, 2.75) is 20.4 Å². The number of hydrogen-bond acceptors (Lipinski definition) is 4. The van der Waals surface area contributed by atoms with Crippen LogP contribution in [0.3, 0.4) is 0 Å². The molecule has 94 valence electrons. The van der Waals surface area contributed by atoms with Crippen molar-refractivity contribution >= 4 is 11.4 Å². The number of anilines is 1. The van der Waals surface area contributed by atoms with Crippen molar-refractivity contribution in [3.63, 3.8) is 0 Å². The van der Waals surface area contributed by atoms with Gasteiger partial charge in [0.2, 0.25) is 0 Å². The van der Waals surface area contributed by atoms with E-state index in [0.717, 1.165) is 5.56 Å². The van der Waals surface area contributed by atoms with E-state index < -0.39 is 4.92 Å². The molecular formula is C12H14N4O2. The molecule has 0 spiro atoms. The maximum Gasteiger partial charge on any atom is 0.312 e. The summed E-state index contributed by atoms with van der Waals surface area (Å²) in [6.45, 7) is 3.82. The number of hydrogen-bond donors (Lipinski definition) is 1. The van der Waals surface area contributed by atoms with Crippen molar-refractivity contribution < 1.29 is 4.92 Å². The lowest BCUT2D eigenvalue weighted by atomic mass is 10.2. The number of benzene rings is 1. The minimum absolute atomic E-state index is 0.0823. The number of nitrogens with zero attached hydrogens (tertiary/aromatic N) is 3. The van der Waals surface area contributed by atoms with Gasteiger partial charge in [0.05, 0.1) is 11.5 Å². The highest BCUT2D eigenvalue weighted by Gasteiger charge is 2.21. The predicted molar refractivity (Wildman–Crippen MR) is 68.3 cm³/mol. The van der Waals surface area contributed by atoms with Gasteiger partial charge in [-0.2, -0.15) is 5.10 Å². The van der Waals surface area contributed by atoms with Crippen LogP contribution < -0.4 is 5.73 Å². The van der Waals surface area contributed by atoms with Crippen LogP contribution in [0.4, 0.5) is 11.4 Å². The zero-order chi connectivity index (χ0) is 13.3. The van der Waals surface area contributed by atoms with Gasteiger partial charge >= 0.3 is 5.69 Å². The normalized spacial score (nSPS) is 10.6. The van der Waals surface area contributed by atoms with Crippen LogP contribution in [-0.2, 0) is 6.54 Å². The number of aryl methyl sites for hydroxylation is 1. The quantitative estimate of drug-likeness (QED) is 0.510. The van der Waals surface area contributed by atoms with Crippen LogP contribution in [0.25, 0.3) is 0 Å². The molecule has 2 aromatic rings. The van der Waals surface area contributed by atoms with E-state index in [4.69, 9.17) is 5.73 Å². The summed E-state index contributed by atoms with van der Waals surface area (Å²) in [5, 5.41) is 15.1. The van der Waals surface area contributed by atoms with Gasteiger partial charge in [-0.25, -0.2) is 0 Å². The fourth-order valence-corrected chi connectivity index (χ4v) is 1.97. The van der Waals surface area contributed by atoms with Crippen molar-refractivity contribution in [2.24, 2.45) is 0 Å². The Labute approximate surface area is 104 Å². The fourth-order valence-electron chi connectivity index (χ4n) is 1.97. The summed E-state index contributed by atoms with van der Waals surface area (Å²) in [6.07, 6.45) is 0. The predicted octanol–water partition coefficient (Wildman–Crippen LogP) is 2.04. The summed E-state index contributed by atoms with van der Waals surface area (Å²) in [5.41, 5.74) is 8.40. The summed E-state index contributed by atoms with van der Waals surface area (Å²) < 4.78 is 1.63. The fraction of sp³-hybridized carbons (Fsp3) is 0.250. The smallest absolute Gasteiger partial charge is 0.312 e. The molecule has 2 N–H and O–H groups in total. The van der Waals surface area contributed by atoms with Gasteiger partial charge in [0, 0.05) is 5.69 Å². The summed E-state index contributed by atoms with van der Waals surface area (Å²) in [7, 11) is 0. The average Bonchev–Trinajstić information content (AvgIpc) is 2.54. The molecule has 1 aromatic carbocycles. The van der Waals surface area contributed by atoms with Gasteiger partial charge in [-0.3, -0.25) is 14.8 Å². The molecule has 0 saturated carbocycles. The third-order valence-electron chi connectivity index (χ3n) is 2.81. The Hall–Kier alpha value is -2.37. The molecule has 0 aliphatic rings. The van der Waals surface area contributed by atoms with Gasteiger partial charge in [0.15, 0.2) is 0 Å². The first-order valence-corrected chi connectivity index (χ1v) is 5.52. The highest BCUT2D eigenvalue weighted by atomic mass is 16.6. The maximum absolute atomic E-state index is 10.9. The van der Waals surface area contributed by atoms with Crippen LogP contribution >= 0.6 is 0 Å². The van der Waals surface area contributed by atoms with E-state index in [1.54, 1.807) is 24.6 Å². The van der Waals surface area contributed by atoms with E-state index in [-0.39, 0.29) is 5.69 Å². The van der Waals surface area contributed by atoms with Crippen LogP contribution in [0.1, 0.15) is 17.0 Å². The molecule has 0 aliphatic heterocycles. The first-order chi connectivity index (χ1) is 8.49. The van der Waals surface area contributed by atoms with Gasteiger partial charge in [-0.05, 0) is 31.5 Å². The molecule has 0 atom stereocenters. The third-order valence-corrected chi connectivity index (χ3v) is 2.81. The molecule has 0 bridgehead atoms. The summed E-state index contributed by atoms with van der Waals surface area (Å²) in [4.78, 5) is 10.5. The van der Waals surface area contributed by atoms with E-state index >= 15 is 0 Å². The number of nitro groups is 1. The molecule has 0 fully saturated rings. The molecule has 1 aromatic heterocycles. The van der Waals surface area contributed by atoms with Crippen LogP contribution in [-0.4, -0.2) is 14.7 Å². The summed E-state index contributed by atoms with van der Waals surface area (Å²) >= 11 is 0. The maximum atomic E-state index is 10.9. The molecule has 18 heavy (non-hydrogen) atoms. The highest BCUT2D eigenvalue weighted by molar-refractivity contribution is 5.42. The van der Waals surface area contributed by atoms with Gasteiger partial charge in [0.1, 0.15) is 11.4 Å². The summed E-state index contributed by atoms with van der Waals surface area (Å²) in [5.74, 6) is 0. The lowest BCUT2D eigenvalue weighted by Gasteiger charge is -2.04. The van der Waals surface area contributed by atoms with Crippen LogP contribution in [0, 0.1) is 24.0 Å². The third kappa shape index (κ3) is 2.17. The second kappa shape index (κ2) is 4.48. The van der Waals surface area contributed by atoms with E-state index in [1.807, 2.05) is 18.2 Å². The number of aromatic nitrogens is 2. The van der Waals surface area contributed by atoms with Crippen molar-refractivity contribution in [3.8, 4) is 0 Å². The Morgan fingerprint density at radius 2 is 2.17 bits per heavy atom. The van der Waals surface area contributed by atoms with Crippen molar-refractivity contribution in [1.82, 2.24) is 9.78 Å². The summed E-state index contributed by atoms with van der Waals surface area (Å²) in [6, 6.07) is 7.40. The Balaban J connectivity index is 2.36. The molecule has 0 saturated heterocycles. The molecule has 0 radical (unpaired) electrons. The van der Waals surface area contributed by atoms with Gasteiger partial charge in [0.25, 0.3) is 0 Å². The second-order valence-electron chi connectivity index (χ2n) is 4.18. The lowest BCUT2D eigenvalue weighted by Crippen LogP contribution is -2.04. The van der Waals surface area contributed by atoms with Crippen molar-refractivity contribution in [3.05, 3.63) is 51.3 Å². The Bertz CT molecular complexity index is 604. The standard InChI is InChI=1S/C12H14N4O2/c1-8-12(16(17)18)9(2)15(14-8)7-10-4-3-5-11(13)6-10/h3-6H,7,13H2,1-2H3. The highest BCUT2D eigenvalue weighted by Crippen LogP contribution is 2.22. The topological polar surface area (TPSA) is 87.0 Å². The van der Waals surface area contributed by atoms with Crippen LogP contribution in [0.15, 0.2) is 24.3 Å². The first-order valence-electron chi connectivity index (χ1n) is 5.52. The van der Waals surface area contributed by atoms with Gasteiger partial charge in [-0.15, -0.1) is 0 Å². The molecule has 0 aliphatic carbocycles. The molecule has 1 heterocycles. The van der Waals surface area contributed by atoms with Gasteiger partial charge in [-0.1, -0.05) is 12.1 Å². The number of rotatable bonds is 3. The van der Waals surface area contributed by atoms with Crippen LogP contribution in [0.5, 0.6) is 0 Å². The average molecular weight is 246 g/mol. The van der Waals surface area contributed by atoms with Crippen molar-refractivity contribution in [2.75, 3.05) is 5.73 Å². The van der Waals surface area contributed by atoms with E-state index in [9.17, 15) is 10.1 Å². The molecule has 2 rings (SSSR count). The Morgan fingerprint density at radius 3 is 2.72 bits per heavy atom. The lowest BCUT2D eigenvalue weighted by molar-refractivity contribution is -0.386.